The Labute approximate surface area is 180 Å². The van der Waals surface area contributed by atoms with Crippen molar-refractivity contribution in [3.05, 3.63) is 59.7 Å². The van der Waals surface area contributed by atoms with Crippen LogP contribution in [0.2, 0.25) is 0 Å². The van der Waals surface area contributed by atoms with Crippen molar-refractivity contribution >= 4 is 11.9 Å². The summed E-state index contributed by atoms with van der Waals surface area (Å²) in [6.07, 6.45) is -0.717. The molecule has 4 aliphatic rings. The fourth-order valence-electron chi connectivity index (χ4n) is 4.52. The van der Waals surface area contributed by atoms with Gasteiger partial charge in [-0.05, 0) is 29.2 Å². The summed E-state index contributed by atoms with van der Waals surface area (Å²) in [4.78, 5) is 25.0. The van der Waals surface area contributed by atoms with Gasteiger partial charge in [0.25, 0.3) is 0 Å². The van der Waals surface area contributed by atoms with Gasteiger partial charge in [-0.15, -0.1) is 0 Å². The highest BCUT2D eigenvalue weighted by Gasteiger charge is 2.57. The highest BCUT2D eigenvalue weighted by atomic mass is 16.9. The predicted octanol–water partition coefficient (Wildman–Crippen LogP) is 3.22. The van der Waals surface area contributed by atoms with Crippen LogP contribution in [0.4, 0.5) is 4.79 Å². The molecule has 1 aliphatic carbocycles. The van der Waals surface area contributed by atoms with Gasteiger partial charge in [-0.2, -0.15) is 0 Å². The highest BCUT2D eigenvalue weighted by Crippen LogP contribution is 2.44. The molecule has 3 heterocycles. The first-order valence-electron chi connectivity index (χ1n) is 10.4. The average Bonchev–Trinajstić information content (AvgIpc) is 3.10. The van der Waals surface area contributed by atoms with Gasteiger partial charge in [0.1, 0.15) is 6.61 Å². The third-order valence-electron chi connectivity index (χ3n) is 6.23. The second-order valence-electron chi connectivity index (χ2n) is 8.79. The summed E-state index contributed by atoms with van der Waals surface area (Å²) in [6.45, 7) is 4.67. The van der Waals surface area contributed by atoms with E-state index in [4.69, 9.17) is 18.9 Å². The summed E-state index contributed by atoms with van der Waals surface area (Å²) in [7, 11) is 0. The van der Waals surface area contributed by atoms with Crippen LogP contribution in [-0.2, 0) is 23.7 Å². The first kappa shape index (κ1) is 20.2. The van der Waals surface area contributed by atoms with Crippen LogP contribution in [-0.4, -0.2) is 50.3 Å². The Morgan fingerprint density at radius 1 is 1.00 bits per heavy atom. The standard InChI is InChI=1S/C24H25NO6/c1-15(26)21(24-29-12-23(2,13-30-24)14-31-24)25-22(27)28-11-20-18-9-5-3-7-16(18)17-8-4-6-10-19(17)20/h3-10,20-21H,11-14H2,1-2H3,(H,25,27). The van der Waals surface area contributed by atoms with Crippen LogP contribution in [0, 0.1) is 5.41 Å². The molecule has 0 spiro atoms. The molecule has 2 aromatic carbocycles. The minimum atomic E-state index is -1.60. The number of benzene rings is 2. The van der Waals surface area contributed by atoms with E-state index in [-0.39, 0.29) is 23.7 Å². The maximum atomic E-state index is 12.7. The fourth-order valence-corrected chi connectivity index (χ4v) is 4.52. The molecule has 7 nitrogen and oxygen atoms in total. The molecule has 3 aliphatic heterocycles. The fraction of sp³-hybridized carbons (Fsp3) is 0.417. The highest BCUT2D eigenvalue weighted by molar-refractivity contribution is 5.86. The van der Waals surface area contributed by atoms with Gasteiger partial charge in [0, 0.05) is 11.3 Å². The molecule has 3 saturated heterocycles. The van der Waals surface area contributed by atoms with Gasteiger partial charge in [0.05, 0.1) is 19.8 Å². The topological polar surface area (TPSA) is 83.1 Å². The van der Waals surface area contributed by atoms with E-state index in [0.717, 1.165) is 22.3 Å². The summed E-state index contributed by atoms with van der Waals surface area (Å²) < 4.78 is 22.7. The number of ketones is 1. The molecule has 1 amide bonds. The maximum Gasteiger partial charge on any atom is 0.408 e. The van der Waals surface area contributed by atoms with Crippen molar-refractivity contribution in [3.8, 4) is 11.1 Å². The van der Waals surface area contributed by atoms with Crippen molar-refractivity contribution in [1.29, 1.82) is 0 Å². The van der Waals surface area contributed by atoms with Gasteiger partial charge in [-0.3, -0.25) is 4.79 Å². The van der Waals surface area contributed by atoms with Crippen molar-refractivity contribution in [2.75, 3.05) is 26.4 Å². The Morgan fingerprint density at radius 2 is 1.52 bits per heavy atom. The van der Waals surface area contributed by atoms with E-state index in [0.29, 0.717) is 19.8 Å². The number of hydrogen-bond acceptors (Lipinski definition) is 6. The SMILES string of the molecule is CC(=O)C(NC(=O)OCC1c2ccccc2-c2ccccc21)C12OCC(C)(CO1)CO2. The molecule has 0 radical (unpaired) electrons. The molecule has 2 aromatic rings. The van der Waals surface area contributed by atoms with Crippen LogP contribution in [0.25, 0.3) is 11.1 Å². The first-order valence-corrected chi connectivity index (χ1v) is 10.4. The molecular formula is C24H25NO6. The summed E-state index contributed by atoms with van der Waals surface area (Å²) >= 11 is 0. The van der Waals surface area contributed by atoms with Crippen molar-refractivity contribution in [1.82, 2.24) is 5.32 Å². The van der Waals surface area contributed by atoms with E-state index >= 15 is 0 Å². The number of nitrogens with one attached hydrogen (secondary N) is 1. The zero-order valence-electron chi connectivity index (χ0n) is 17.6. The lowest BCUT2D eigenvalue weighted by molar-refractivity contribution is -0.469. The summed E-state index contributed by atoms with van der Waals surface area (Å²) in [5.74, 6) is -2.00. The number of Topliss-reactive ketones (excluding diaryl/α,β-unsaturated/α-hetero) is 1. The minimum absolute atomic E-state index is 0.0686. The van der Waals surface area contributed by atoms with E-state index in [9.17, 15) is 9.59 Å². The van der Waals surface area contributed by atoms with Crippen molar-refractivity contribution in [3.63, 3.8) is 0 Å². The molecule has 162 valence electrons. The number of carbonyl (C=O) groups is 2. The minimum Gasteiger partial charge on any atom is -0.449 e. The van der Waals surface area contributed by atoms with E-state index in [1.807, 2.05) is 31.2 Å². The monoisotopic (exact) mass is 423 g/mol. The smallest absolute Gasteiger partial charge is 0.408 e. The van der Waals surface area contributed by atoms with Crippen LogP contribution < -0.4 is 5.32 Å². The van der Waals surface area contributed by atoms with Crippen LogP contribution in [0.3, 0.4) is 0 Å². The van der Waals surface area contributed by atoms with Crippen molar-refractivity contribution in [2.24, 2.45) is 5.41 Å². The van der Waals surface area contributed by atoms with Gasteiger partial charge in [0.2, 0.25) is 0 Å². The molecule has 31 heavy (non-hydrogen) atoms. The normalized spacial score (nSPS) is 27.3. The summed E-state index contributed by atoms with van der Waals surface area (Å²) in [6, 6.07) is 15.1. The quantitative estimate of drug-likeness (QED) is 0.795. The molecule has 0 saturated carbocycles. The molecule has 2 bridgehead atoms. The summed E-state index contributed by atoms with van der Waals surface area (Å²) in [5, 5.41) is 2.60. The second-order valence-corrected chi connectivity index (χ2v) is 8.79. The Balaban J connectivity index is 1.29. The number of amides is 1. The molecule has 6 rings (SSSR count). The van der Waals surface area contributed by atoms with Crippen LogP contribution in [0.5, 0.6) is 0 Å². The average molecular weight is 423 g/mol. The van der Waals surface area contributed by atoms with E-state index in [2.05, 4.69) is 29.6 Å². The number of fused-ring (bicyclic) bond motifs is 6. The van der Waals surface area contributed by atoms with Crippen molar-refractivity contribution < 1.29 is 28.5 Å². The maximum absolute atomic E-state index is 12.7. The predicted molar refractivity (Wildman–Crippen MR) is 111 cm³/mol. The van der Waals surface area contributed by atoms with E-state index < -0.39 is 18.1 Å². The molecule has 1 N–H and O–H groups in total. The van der Waals surface area contributed by atoms with Crippen LogP contribution >= 0.6 is 0 Å². The zero-order valence-corrected chi connectivity index (χ0v) is 17.6. The Hall–Kier alpha value is -2.74. The molecule has 3 fully saturated rings. The lowest BCUT2D eigenvalue weighted by Crippen LogP contribution is -2.69. The van der Waals surface area contributed by atoms with Gasteiger partial charge in [-0.25, -0.2) is 4.79 Å². The second kappa shape index (κ2) is 7.44. The van der Waals surface area contributed by atoms with Gasteiger partial charge >= 0.3 is 12.1 Å². The van der Waals surface area contributed by atoms with Crippen LogP contribution in [0.1, 0.15) is 30.9 Å². The number of carbonyl (C=O) groups excluding carboxylic acids is 2. The molecule has 1 unspecified atom stereocenters. The number of alkyl carbamates (subject to hydrolysis) is 1. The molecule has 0 aromatic heterocycles. The van der Waals surface area contributed by atoms with Crippen molar-refractivity contribution in [2.45, 2.75) is 31.8 Å². The number of hydrogen-bond donors (Lipinski definition) is 1. The van der Waals surface area contributed by atoms with Gasteiger partial charge in [0.15, 0.2) is 11.8 Å². The molecular weight excluding hydrogens is 398 g/mol. The van der Waals surface area contributed by atoms with Crippen LogP contribution in [0.15, 0.2) is 48.5 Å². The zero-order chi connectivity index (χ0) is 21.6. The Morgan fingerprint density at radius 3 is 2.03 bits per heavy atom. The number of ether oxygens (including phenoxy) is 4. The largest absolute Gasteiger partial charge is 0.449 e. The number of rotatable bonds is 5. The Bertz CT molecular complexity index is 964. The van der Waals surface area contributed by atoms with Gasteiger partial charge in [-0.1, -0.05) is 55.5 Å². The molecule has 1 atom stereocenters. The van der Waals surface area contributed by atoms with E-state index in [1.165, 1.54) is 6.92 Å². The molecule has 7 heteroatoms. The van der Waals surface area contributed by atoms with E-state index in [1.54, 1.807) is 0 Å². The lowest BCUT2D eigenvalue weighted by Gasteiger charge is -2.52. The van der Waals surface area contributed by atoms with Gasteiger partial charge < -0.3 is 24.3 Å². The third kappa shape index (κ3) is 3.43. The lowest BCUT2D eigenvalue weighted by atomic mass is 9.91. The first-order chi connectivity index (χ1) is 14.9. The Kier molecular flexibility index (Phi) is 4.84. The summed E-state index contributed by atoms with van der Waals surface area (Å²) in [5.41, 5.74) is 4.29. The third-order valence-corrected chi connectivity index (χ3v) is 6.23.